The predicted octanol–water partition coefficient (Wildman–Crippen LogP) is 7.19. The average Bonchev–Trinajstić information content (AvgIpc) is 2.97. The second-order valence-corrected chi connectivity index (χ2v) is 6.74. The van der Waals surface area contributed by atoms with Gasteiger partial charge in [-0.2, -0.15) is 9.97 Å². The minimum Gasteiger partial charge on any atom is -0.208 e. The van der Waals surface area contributed by atoms with Crippen molar-refractivity contribution in [3.8, 4) is 45.0 Å². The Morgan fingerprint density at radius 1 is 0.452 bits per heavy atom. The quantitative estimate of drug-likeness (QED) is 0.303. The highest BCUT2D eigenvalue weighted by atomic mass is 35.5. The van der Waals surface area contributed by atoms with Crippen LogP contribution in [0.2, 0.25) is 5.28 Å². The molecule has 5 rings (SSSR count). The fourth-order valence-electron chi connectivity index (χ4n) is 2.97. The number of hydrogen-bond donors (Lipinski definition) is 0. The van der Waals surface area contributed by atoms with E-state index in [1.54, 1.807) is 48.5 Å². The molecular formula is C27H18ClN3. The molecule has 0 amide bonds. The maximum Gasteiger partial charge on any atom is 0.226 e. The van der Waals surface area contributed by atoms with Gasteiger partial charge in [0.15, 0.2) is 11.6 Å². The molecule has 4 aromatic carbocycles. The Labute approximate surface area is 200 Å². The summed E-state index contributed by atoms with van der Waals surface area (Å²) in [7, 11) is 0. The van der Waals surface area contributed by atoms with Crippen molar-refractivity contribution in [2.75, 3.05) is 0 Å². The number of nitrogens with zero attached hydrogens (tertiary/aromatic N) is 3. The molecule has 0 N–H and O–H groups in total. The van der Waals surface area contributed by atoms with Crippen molar-refractivity contribution < 1.29 is 13.7 Å². The lowest BCUT2D eigenvalue weighted by molar-refractivity contribution is 1.07. The van der Waals surface area contributed by atoms with Crippen LogP contribution >= 0.6 is 11.6 Å². The predicted molar refractivity (Wildman–Crippen MR) is 127 cm³/mol. The molecule has 0 fully saturated rings. The maximum absolute atomic E-state index is 8.20. The lowest BCUT2D eigenvalue weighted by Crippen LogP contribution is -1.97. The molecule has 4 heteroatoms. The largest absolute Gasteiger partial charge is 0.226 e. The summed E-state index contributed by atoms with van der Waals surface area (Å²) < 4.78 is 80.0. The molecule has 148 valence electrons. The van der Waals surface area contributed by atoms with Crippen molar-refractivity contribution >= 4 is 11.6 Å². The Balaban J connectivity index is 1.50. The van der Waals surface area contributed by atoms with E-state index in [4.69, 9.17) is 25.3 Å². The number of benzene rings is 4. The first-order valence-electron chi connectivity index (χ1n) is 14.2. The Kier molecular flexibility index (Phi) is 3.01. The van der Waals surface area contributed by atoms with Gasteiger partial charge in [0.25, 0.3) is 0 Å². The van der Waals surface area contributed by atoms with Crippen LogP contribution in [0.4, 0.5) is 0 Å². The summed E-state index contributed by atoms with van der Waals surface area (Å²) in [6, 6.07) is 9.19. The van der Waals surface area contributed by atoms with E-state index in [2.05, 4.69) is 15.0 Å². The Bertz CT molecular complexity index is 1660. The second-order valence-electron chi connectivity index (χ2n) is 6.41. The minimum absolute atomic E-state index is 0.0746. The van der Waals surface area contributed by atoms with Gasteiger partial charge in [-0.05, 0) is 33.9 Å². The molecule has 5 aromatic rings. The normalized spacial score (nSPS) is 15.3. The van der Waals surface area contributed by atoms with Crippen molar-refractivity contribution in [1.29, 1.82) is 0 Å². The van der Waals surface area contributed by atoms with E-state index in [0.717, 1.165) is 0 Å². The van der Waals surface area contributed by atoms with E-state index in [0.29, 0.717) is 22.3 Å². The number of aromatic nitrogens is 3. The Morgan fingerprint density at radius 3 is 1.19 bits per heavy atom. The van der Waals surface area contributed by atoms with Crippen molar-refractivity contribution in [2.45, 2.75) is 0 Å². The monoisotopic (exact) mass is 429 g/mol. The van der Waals surface area contributed by atoms with Gasteiger partial charge >= 0.3 is 0 Å². The molecule has 1 aromatic heterocycles. The Hall–Kier alpha value is -3.82. The second kappa shape index (κ2) is 8.50. The lowest BCUT2D eigenvalue weighted by atomic mass is 10.0. The fourth-order valence-corrected chi connectivity index (χ4v) is 3.13. The molecule has 0 aliphatic heterocycles. The molecule has 0 spiro atoms. The zero-order valence-corrected chi connectivity index (χ0v) is 16.6. The highest BCUT2D eigenvalue weighted by Crippen LogP contribution is 2.27. The van der Waals surface area contributed by atoms with Gasteiger partial charge < -0.3 is 0 Å². The van der Waals surface area contributed by atoms with Crippen LogP contribution in [-0.4, -0.2) is 15.0 Å². The smallest absolute Gasteiger partial charge is 0.208 e. The molecule has 0 saturated heterocycles. The van der Waals surface area contributed by atoms with Gasteiger partial charge in [-0.3, -0.25) is 0 Å². The lowest BCUT2D eigenvalue weighted by Gasteiger charge is -2.07. The average molecular weight is 430 g/mol. The molecule has 1 heterocycles. The molecular weight excluding hydrogens is 402 g/mol. The number of hydrogen-bond acceptors (Lipinski definition) is 3. The number of halogens is 1. The number of rotatable bonds is 4. The van der Waals surface area contributed by atoms with E-state index >= 15 is 0 Å². The topological polar surface area (TPSA) is 38.7 Å². The maximum atomic E-state index is 8.20. The highest BCUT2D eigenvalue weighted by molar-refractivity contribution is 6.28. The minimum atomic E-state index is -0.464. The van der Waals surface area contributed by atoms with Crippen LogP contribution in [0, 0.1) is 0 Å². The van der Waals surface area contributed by atoms with Gasteiger partial charge in [-0.1, -0.05) is 109 Å². The summed E-state index contributed by atoms with van der Waals surface area (Å²) in [4.78, 5) is 12.9. The van der Waals surface area contributed by atoms with E-state index in [1.807, 2.05) is 0 Å². The van der Waals surface area contributed by atoms with Crippen LogP contribution < -0.4 is 0 Å². The van der Waals surface area contributed by atoms with Gasteiger partial charge in [0.2, 0.25) is 5.28 Å². The van der Waals surface area contributed by atoms with Gasteiger partial charge in [-0.15, -0.1) is 0 Å². The molecule has 0 saturated carbocycles. The molecule has 0 unspecified atom stereocenters. The van der Waals surface area contributed by atoms with Crippen molar-refractivity contribution in [2.24, 2.45) is 0 Å². The molecule has 31 heavy (non-hydrogen) atoms. The first-order chi connectivity index (χ1) is 19.4. The fraction of sp³-hybridized carbons (Fsp3) is 0. The van der Waals surface area contributed by atoms with Crippen molar-refractivity contribution in [3.63, 3.8) is 0 Å². The van der Waals surface area contributed by atoms with E-state index in [-0.39, 0.29) is 52.2 Å². The molecule has 0 radical (unpaired) electrons. The molecule has 0 aliphatic rings. The third kappa shape index (κ3) is 4.23. The summed E-state index contributed by atoms with van der Waals surface area (Å²) in [5.41, 5.74) is 2.10. The molecule has 3 nitrogen and oxygen atoms in total. The van der Waals surface area contributed by atoms with Crippen molar-refractivity contribution in [3.05, 3.63) is 114 Å². The summed E-state index contributed by atoms with van der Waals surface area (Å²) in [5, 5.41) is -0.0746. The highest BCUT2D eigenvalue weighted by Gasteiger charge is 2.10. The third-order valence-corrected chi connectivity index (χ3v) is 4.64. The van der Waals surface area contributed by atoms with Crippen LogP contribution in [-0.2, 0) is 0 Å². The van der Waals surface area contributed by atoms with E-state index in [1.165, 1.54) is 0 Å². The van der Waals surface area contributed by atoms with E-state index in [9.17, 15) is 0 Å². The SMILES string of the molecule is [2H]c1c([2H])c([2H])c(-c2ccc(-c3nc(Cl)nc(-c4ccc(-c5c([2H])c([2H])c([2H])c([2H])c5[2H])cc4)n3)cc2)c([2H])c1[2H]. The van der Waals surface area contributed by atoms with Crippen LogP contribution in [0.25, 0.3) is 45.0 Å². The standard InChI is InChI=1S/C27H18ClN3/c28-27-30-25(23-15-11-21(12-16-23)19-7-3-1-4-8-19)29-26(31-27)24-17-13-22(14-18-24)20-9-5-2-6-10-20/h1-18H/i1D,2D,3D,4D,5D,6D,7D,8D,9D,10D. The summed E-state index contributed by atoms with van der Waals surface area (Å²) >= 11 is 6.21. The summed E-state index contributed by atoms with van der Waals surface area (Å²) in [6.45, 7) is 0. The van der Waals surface area contributed by atoms with Crippen LogP contribution in [0.3, 0.4) is 0 Å². The van der Waals surface area contributed by atoms with Crippen molar-refractivity contribution in [1.82, 2.24) is 15.0 Å². The summed E-state index contributed by atoms with van der Waals surface area (Å²) in [6.07, 6.45) is 0. The van der Waals surface area contributed by atoms with Crippen LogP contribution in [0.5, 0.6) is 0 Å². The zero-order valence-electron chi connectivity index (χ0n) is 25.8. The van der Waals surface area contributed by atoms with Gasteiger partial charge in [0.1, 0.15) is 0 Å². The van der Waals surface area contributed by atoms with Gasteiger partial charge in [0, 0.05) is 11.1 Å². The first kappa shape index (κ1) is 11.0. The molecule has 0 aliphatic carbocycles. The zero-order chi connectivity index (χ0) is 29.7. The molecule has 0 bridgehead atoms. The van der Waals surface area contributed by atoms with Gasteiger partial charge in [-0.25, -0.2) is 4.98 Å². The van der Waals surface area contributed by atoms with E-state index < -0.39 is 36.3 Å². The van der Waals surface area contributed by atoms with Gasteiger partial charge in [0.05, 0.1) is 13.7 Å². The molecule has 0 atom stereocenters. The van der Waals surface area contributed by atoms with Crippen LogP contribution in [0.15, 0.2) is 109 Å². The van der Waals surface area contributed by atoms with Crippen LogP contribution in [0.1, 0.15) is 13.7 Å². The first-order valence-corrected chi connectivity index (χ1v) is 9.55. The third-order valence-electron chi connectivity index (χ3n) is 4.47. The summed E-state index contributed by atoms with van der Waals surface area (Å²) in [5.74, 6) is 0.476. The Morgan fingerprint density at radius 2 is 0.806 bits per heavy atom.